The van der Waals surface area contributed by atoms with Gasteiger partial charge in [0.15, 0.2) is 5.82 Å². The highest BCUT2D eigenvalue weighted by molar-refractivity contribution is 5.42. The first-order chi connectivity index (χ1) is 15.2. The molecule has 0 spiro atoms. The lowest BCUT2D eigenvalue weighted by Crippen LogP contribution is -2.40. The molecule has 0 amide bonds. The predicted molar refractivity (Wildman–Crippen MR) is 119 cm³/mol. The number of nitrogens with one attached hydrogen (secondary N) is 2. The molecule has 2 aromatic heterocycles. The zero-order valence-electron chi connectivity index (χ0n) is 18.4. The number of hydrogen-bond acceptors (Lipinski definition) is 6. The maximum atomic E-state index is 4.88. The molecule has 31 heavy (non-hydrogen) atoms. The summed E-state index contributed by atoms with van der Waals surface area (Å²) >= 11 is 0. The van der Waals surface area contributed by atoms with Gasteiger partial charge in [0.25, 0.3) is 0 Å². The lowest BCUT2D eigenvalue weighted by atomic mass is 9.86. The number of dihydropyridines is 1. The van der Waals surface area contributed by atoms with Gasteiger partial charge in [-0.1, -0.05) is 62.7 Å². The highest BCUT2D eigenvalue weighted by Crippen LogP contribution is 2.30. The number of H-pyrrole nitrogens is 1. The Morgan fingerprint density at radius 1 is 1.13 bits per heavy atom. The minimum atomic E-state index is -0.634. The van der Waals surface area contributed by atoms with Crippen LogP contribution in [0.15, 0.2) is 48.7 Å². The van der Waals surface area contributed by atoms with Crippen molar-refractivity contribution in [1.82, 2.24) is 40.7 Å². The number of rotatable bonds is 9. The number of hydrogen-bond donors (Lipinski definition) is 2. The van der Waals surface area contributed by atoms with Crippen LogP contribution >= 0.6 is 0 Å². The van der Waals surface area contributed by atoms with E-state index in [1.54, 1.807) is 0 Å². The van der Waals surface area contributed by atoms with Gasteiger partial charge in [-0.2, -0.15) is 10.3 Å². The standard InChI is InChI=1S/C23H30N8/c1-4-6-15-31-20(25-21(28-31)17(3)5-2)16-18-9-11-19(12-10-18)23(13-7-8-14-24-23)22-26-29-30-27-22/h7-14,17,24H,4-6,15-16H2,1-3H3,(H,26,27,29,30). The summed E-state index contributed by atoms with van der Waals surface area (Å²) in [5.41, 5.74) is 1.61. The number of unbranched alkanes of at least 4 members (excludes halogenated alkanes) is 1. The van der Waals surface area contributed by atoms with Gasteiger partial charge in [0.2, 0.25) is 5.82 Å². The van der Waals surface area contributed by atoms with Gasteiger partial charge < -0.3 is 5.32 Å². The van der Waals surface area contributed by atoms with E-state index in [1.807, 2.05) is 24.4 Å². The van der Waals surface area contributed by atoms with Crippen LogP contribution in [0.5, 0.6) is 0 Å². The van der Waals surface area contributed by atoms with Gasteiger partial charge in [0.05, 0.1) is 0 Å². The van der Waals surface area contributed by atoms with Crippen molar-refractivity contribution in [2.75, 3.05) is 0 Å². The van der Waals surface area contributed by atoms with Crippen LogP contribution in [0.2, 0.25) is 0 Å². The van der Waals surface area contributed by atoms with Crippen LogP contribution in [0.4, 0.5) is 0 Å². The summed E-state index contributed by atoms with van der Waals surface area (Å²) in [5, 5.41) is 23.0. The van der Waals surface area contributed by atoms with E-state index in [0.717, 1.165) is 49.4 Å². The Morgan fingerprint density at radius 2 is 1.97 bits per heavy atom. The van der Waals surface area contributed by atoms with Crippen LogP contribution < -0.4 is 5.32 Å². The van der Waals surface area contributed by atoms with E-state index in [4.69, 9.17) is 10.1 Å². The van der Waals surface area contributed by atoms with Crippen molar-refractivity contribution in [2.45, 2.75) is 64.5 Å². The maximum Gasteiger partial charge on any atom is 0.208 e. The number of aromatic nitrogens is 7. The zero-order valence-corrected chi connectivity index (χ0v) is 18.4. The minimum absolute atomic E-state index is 0.371. The first kappa shape index (κ1) is 21.0. The van der Waals surface area contributed by atoms with Crippen molar-refractivity contribution in [3.8, 4) is 0 Å². The third kappa shape index (κ3) is 4.28. The number of nitrogens with zero attached hydrogens (tertiary/aromatic N) is 6. The highest BCUT2D eigenvalue weighted by Gasteiger charge is 2.35. The van der Waals surface area contributed by atoms with Gasteiger partial charge in [-0.05, 0) is 42.3 Å². The second kappa shape index (κ2) is 9.24. The van der Waals surface area contributed by atoms with Crippen molar-refractivity contribution in [1.29, 1.82) is 0 Å². The van der Waals surface area contributed by atoms with Gasteiger partial charge in [0.1, 0.15) is 11.4 Å². The van der Waals surface area contributed by atoms with E-state index in [1.165, 1.54) is 5.56 Å². The second-order valence-corrected chi connectivity index (χ2v) is 8.05. The Bertz CT molecular complexity index is 1030. The first-order valence-corrected chi connectivity index (χ1v) is 11.0. The molecular formula is C23H30N8. The highest BCUT2D eigenvalue weighted by atomic mass is 15.5. The molecule has 0 aliphatic carbocycles. The first-order valence-electron chi connectivity index (χ1n) is 11.0. The molecule has 2 atom stereocenters. The third-order valence-corrected chi connectivity index (χ3v) is 5.88. The lowest BCUT2D eigenvalue weighted by Gasteiger charge is -2.30. The molecule has 0 bridgehead atoms. The molecular weight excluding hydrogens is 388 g/mol. The van der Waals surface area contributed by atoms with Crippen LogP contribution in [0.25, 0.3) is 0 Å². The molecule has 4 rings (SSSR count). The SMILES string of the molecule is CCCCn1nc(C(C)CC)nc1Cc1ccc(C2(c3nn[nH]n3)C=CC=CN2)cc1. The van der Waals surface area contributed by atoms with E-state index < -0.39 is 5.54 Å². The summed E-state index contributed by atoms with van der Waals surface area (Å²) < 4.78 is 2.09. The van der Waals surface area contributed by atoms with Gasteiger partial charge in [0, 0.05) is 18.9 Å². The normalized spacial score (nSPS) is 18.8. The average molecular weight is 419 g/mol. The quantitative estimate of drug-likeness (QED) is 0.551. The van der Waals surface area contributed by atoms with E-state index in [-0.39, 0.29) is 0 Å². The smallest absolute Gasteiger partial charge is 0.208 e. The topological polar surface area (TPSA) is 97.2 Å². The average Bonchev–Trinajstić information content (AvgIpc) is 3.49. The summed E-state index contributed by atoms with van der Waals surface area (Å²) in [4.78, 5) is 4.88. The fraction of sp³-hybridized carbons (Fsp3) is 0.435. The molecule has 1 aromatic carbocycles. The van der Waals surface area contributed by atoms with Crippen molar-refractivity contribution in [2.24, 2.45) is 0 Å². The Balaban J connectivity index is 1.60. The fourth-order valence-electron chi connectivity index (χ4n) is 3.73. The zero-order chi connectivity index (χ0) is 21.7. The Hall–Kier alpha value is -3.29. The minimum Gasteiger partial charge on any atom is -0.372 e. The summed E-state index contributed by atoms with van der Waals surface area (Å²) in [6.07, 6.45) is 11.9. The molecule has 2 N–H and O–H groups in total. The summed E-state index contributed by atoms with van der Waals surface area (Å²) in [6.45, 7) is 7.48. The molecule has 0 radical (unpaired) electrons. The Labute approximate surface area is 182 Å². The van der Waals surface area contributed by atoms with Gasteiger partial charge in [-0.15, -0.1) is 10.2 Å². The number of aromatic amines is 1. The molecule has 162 valence electrons. The van der Waals surface area contributed by atoms with Gasteiger partial charge >= 0.3 is 0 Å². The summed E-state index contributed by atoms with van der Waals surface area (Å²) in [5.74, 6) is 2.93. The van der Waals surface area contributed by atoms with Crippen molar-refractivity contribution in [3.63, 3.8) is 0 Å². The molecule has 0 saturated heterocycles. The fourth-order valence-corrected chi connectivity index (χ4v) is 3.73. The van der Waals surface area contributed by atoms with Crippen LogP contribution in [-0.4, -0.2) is 35.4 Å². The van der Waals surface area contributed by atoms with E-state index in [2.05, 4.69) is 75.7 Å². The number of benzene rings is 1. The monoisotopic (exact) mass is 418 g/mol. The van der Waals surface area contributed by atoms with Crippen molar-refractivity contribution < 1.29 is 0 Å². The molecule has 3 heterocycles. The van der Waals surface area contributed by atoms with Crippen molar-refractivity contribution >= 4 is 0 Å². The molecule has 2 unspecified atom stereocenters. The molecule has 0 saturated carbocycles. The predicted octanol–water partition coefficient (Wildman–Crippen LogP) is 3.61. The molecule has 8 heteroatoms. The number of tetrazole rings is 1. The maximum absolute atomic E-state index is 4.88. The molecule has 1 aliphatic rings. The molecule has 8 nitrogen and oxygen atoms in total. The van der Waals surface area contributed by atoms with E-state index >= 15 is 0 Å². The van der Waals surface area contributed by atoms with Crippen LogP contribution in [0.3, 0.4) is 0 Å². The second-order valence-electron chi connectivity index (χ2n) is 8.05. The van der Waals surface area contributed by atoms with Gasteiger partial charge in [-0.25, -0.2) is 9.67 Å². The molecule has 1 aliphatic heterocycles. The molecule has 0 fully saturated rings. The van der Waals surface area contributed by atoms with Crippen LogP contribution in [0.1, 0.15) is 74.6 Å². The number of allylic oxidation sites excluding steroid dienone is 2. The van der Waals surface area contributed by atoms with Crippen molar-refractivity contribution in [3.05, 3.63) is 77.3 Å². The third-order valence-electron chi connectivity index (χ3n) is 5.88. The van der Waals surface area contributed by atoms with Crippen LogP contribution in [0, 0.1) is 0 Å². The van der Waals surface area contributed by atoms with E-state index in [9.17, 15) is 0 Å². The van der Waals surface area contributed by atoms with Crippen LogP contribution in [-0.2, 0) is 18.5 Å². The number of aryl methyl sites for hydroxylation is 1. The lowest BCUT2D eigenvalue weighted by molar-refractivity contribution is 0.529. The Kier molecular flexibility index (Phi) is 6.25. The largest absolute Gasteiger partial charge is 0.372 e. The molecule has 3 aromatic rings. The van der Waals surface area contributed by atoms with E-state index in [0.29, 0.717) is 11.7 Å². The summed E-state index contributed by atoms with van der Waals surface area (Å²) in [7, 11) is 0. The van der Waals surface area contributed by atoms with Gasteiger partial charge in [-0.3, -0.25) is 0 Å². The Morgan fingerprint density at radius 3 is 2.61 bits per heavy atom. The summed E-state index contributed by atoms with van der Waals surface area (Å²) in [6, 6.07) is 8.52.